The lowest BCUT2D eigenvalue weighted by atomic mass is 9.96. The van der Waals surface area contributed by atoms with Gasteiger partial charge >= 0.3 is 0 Å². The zero-order valence-corrected chi connectivity index (χ0v) is 31.7. The Morgan fingerprint density at radius 3 is 1.64 bits per heavy atom. The summed E-state index contributed by atoms with van der Waals surface area (Å²) < 4.78 is 6.52. The Balaban J connectivity index is 1.05. The van der Waals surface area contributed by atoms with Crippen LogP contribution in [0.3, 0.4) is 0 Å². The van der Waals surface area contributed by atoms with Crippen LogP contribution in [0.1, 0.15) is 0 Å². The molecule has 11 aromatic rings. The fourth-order valence-electron chi connectivity index (χ4n) is 8.59. The van der Waals surface area contributed by atoms with Gasteiger partial charge in [0.15, 0.2) is 0 Å². The van der Waals surface area contributed by atoms with E-state index in [2.05, 4.69) is 229 Å². The summed E-state index contributed by atoms with van der Waals surface area (Å²) >= 11 is 0. The zero-order chi connectivity index (χ0) is 38.4. The van der Waals surface area contributed by atoms with Crippen LogP contribution in [0.5, 0.6) is 0 Å². The van der Waals surface area contributed by atoms with Crippen LogP contribution < -0.4 is 4.90 Å². The highest BCUT2D eigenvalue weighted by Gasteiger charge is 2.20. The highest BCUT2D eigenvalue weighted by Crippen LogP contribution is 2.44. The Kier molecular flexibility index (Phi) is 8.19. The molecule has 0 bridgehead atoms. The number of anilines is 3. The molecule has 58 heavy (non-hydrogen) atoms. The maximum atomic E-state index is 6.52. The molecule has 0 aliphatic carbocycles. The second-order valence-electron chi connectivity index (χ2n) is 14.9. The zero-order valence-electron chi connectivity index (χ0n) is 31.7. The number of nitrogens with zero attached hydrogens (tertiary/aromatic N) is 1. The van der Waals surface area contributed by atoms with Gasteiger partial charge in [0.05, 0.1) is 5.69 Å². The second-order valence-corrected chi connectivity index (χ2v) is 14.9. The fourth-order valence-corrected chi connectivity index (χ4v) is 8.59. The van der Waals surface area contributed by atoms with Gasteiger partial charge in [-0.25, -0.2) is 0 Å². The first-order valence-electron chi connectivity index (χ1n) is 19.8. The minimum absolute atomic E-state index is 0.889. The highest BCUT2D eigenvalue weighted by molar-refractivity contribution is 6.15. The number of furan rings is 1. The van der Waals surface area contributed by atoms with Gasteiger partial charge in [0.2, 0.25) is 0 Å². The Morgan fingerprint density at radius 1 is 0.293 bits per heavy atom. The van der Waals surface area contributed by atoms with E-state index in [9.17, 15) is 0 Å². The molecule has 0 saturated carbocycles. The first kappa shape index (κ1) is 33.6. The Hall–Kier alpha value is -7.68. The molecule has 10 aromatic carbocycles. The van der Waals surface area contributed by atoms with Crippen molar-refractivity contribution in [3.8, 4) is 44.5 Å². The summed E-state index contributed by atoms with van der Waals surface area (Å²) in [6.07, 6.45) is 0. The third kappa shape index (κ3) is 5.91. The van der Waals surface area contributed by atoms with Gasteiger partial charge in [0.1, 0.15) is 11.2 Å². The number of benzene rings is 10. The molecule has 2 nitrogen and oxygen atoms in total. The van der Waals surface area contributed by atoms with Crippen LogP contribution in [0.15, 0.2) is 229 Å². The number of para-hydroxylation sites is 1. The molecule has 1 aromatic heterocycles. The van der Waals surface area contributed by atoms with Crippen molar-refractivity contribution in [3.63, 3.8) is 0 Å². The van der Waals surface area contributed by atoms with E-state index < -0.39 is 0 Å². The summed E-state index contributed by atoms with van der Waals surface area (Å²) in [5.41, 5.74) is 14.5. The summed E-state index contributed by atoms with van der Waals surface area (Å²) in [5.74, 6) is 0. The van der Waals surface area contributed by atoms with Crippen molar-refractivity contribution in [2.45, 2.75) is 0 Å². The Labute approximate surface area is 337 Å². The maximum Gasteiger partial charge on any atom is 0.143 e. The van der Waals surface area contributed by atoms with Gasteiger partial charge in [-0.15, -0.1) is 0 Å². The van der Waals surface area contributed by atoms with Gasteiger partial charge in [-0.1, -0.05) is 176 Å². The lowest BCUT2D eigenvalue weighted by molar-refractivity contribution is 0.672. The van der Waals surface area contributed by atoms with E-state index in [1.165, 1.54) is 49.5 Å². The first-order valence-corrected chi connectivity index (χ1v) is 19.8. The molecule has 1 heterocycles. The van der Waals surface area contributed by atoms with E-state index in [1.807, 2.05) is 0 Å². The van der Waals surface area contributed by atoms with Crippen molar-refractivity contribution in [2.75, 3.05) is 4.90 Å². The van der Waals surface area contributed by atoms with E-state index >= 15 is 0 Å². The molecule has 11 rings (SSSR count). The molecular weight excluding hydrogens is 703 g/mol. The molecular formula is C56H37NO. The molecule has 0 aliphatic heterocycles. The first-order chi connectivity index (χ1) is 28.7. The predicted molar refractivity (Wildman–Crippen MR) is 245 cm³/mol. The van der Waals surface area contributed by atoms with Crippen LogP contribution in [-0.4, -0.2) is 0 Å². The number of rotatable bonds is 7. The SMILES string of the molecule is c1ccc(-c2ccc(-c3ccc(N(c4cccc(-c5cccc6ccccc56)c4)c4ccccc4-c4ccc5oc6c7ccccc7ccc6c5c4)cc3)cc2)cc1. The van der Waals surface area contributed by atoms with Gasteiger partial charge in [-0.2, -0.15) is 0 Å². The molecule has 0 N–H and O–H groups in total. The van der Waals surface area contributed by atoms with E-state index in [0.717, 1.165) is 55.5 Å². The lowest BCUT2D eigenvalue weighted by Crippen LogP contribution is -2.11. The molecule has 0 fully saturated rings. The van der Waals surface area contributed by atoms with Crippen LogP contribution in [0.4, 0.5) is 17.1 Å². The Bertz CT molecular complexity index is 3260. The Morgan fingerprint density at radius 2 is 0.845 bits per heavy atom. The van der Waals surface area contributed by atoms with Gasteiger partial charge in [-0.05, 0) is 104 Å². The van der Waals surface area contributed by atoms with Crippen molar-refractivity contribution in [1.82, 2.24) is 0 Å². The fraction of sp³-hybridized carbons (Fsp3) is 0. The normalized spacial score (nSPS) is 11.4. The topological polar surface area (TPSA) is 16.4 Å². The minimum atomic E-state index is 0.889. The molecule has 0 amide bonds. The van der Waals surface area contributed by atoms with Crippen molar-refractivity contribution >= 4 is 60.5 Å². The van der Waals surface area contributed by atoms with Gasteiger partial charge in [0.25, 0.3) is 0 Å². The van der Waals surface area contributed by atoms with Gasteiger partial charge in [-0.3, -0.25) is 0 Å². The van der Waals surface area contributed by atoms with E-state index in [-0.39, 0.29) is 0 Å². The summed E-state index contributed by atoms with van der Waals surface area (Å²) in [7, 11) is 0. The number of hydrogen-bond acceptors (Lipinski definition) is 2. The minimum Gasteiger partial charge on any atom is -0.455 e. The van der Waals surface area contributed by atoms with Crippen molar-refractivity contribution in [2.24, 2.45) is 0 Å². The monoisotopic (exact) mass is 739 g/mol. The van der Waals surface area contributed by atoms with Crippen molar-refractivity contribution < 1.29 is 4.42 Å². The second kappa shape index (κ2) is 14.1. The quantitative estimate of drug-likeness (QED) is 0.162. The molecule has 0 atom stereocenters. The molecule has 2 heteroatoms. The predicted octanol–water partition coefficient (Wildman–Crippen LogP) is 16.0. The summed E-state index contributed by atoms with van der Waals surface area (Å²) in [6.45, 7) is 0. The van der Waals surface area contributed by atoms with Crippen LogP contribution in [-0.2, 0) is 0 Å². The van der Waals surface area contributed by atoms with Gasteiger partial charge in [0, 0.05) is 33.1 Å². The van der Waals surface area contributed by atoms with Crippen molar-refractivity contribution in [3.05, 3.63) is 224 Å². The molecule has 0 radical (unpaired) electrons. The van der Waals surface area contributed by atoms with Gasteiger partial charge < -0.3 is 9.32 Å². The molecule has 0 saturated heterocycles. The summed E-state index contributed by atoms with van der Waals surface area (Å²) in [6, 6.07) is 80.7. The smallest absolute Gasteiger partial charge is 0.143 e. The largest absolute Gasteiger partial charge is 0.455 e. The number of fused-ring (bicyclic) bond motifs is 6. The highest BCUT2D eigenvalue weighted by atomic mass is 16.3. The summed E-state index contributed by atoms with van der Waals surface area (Å²) in [5, 5.41) is 7.02. The number of hydrogen-bond donors (Lipinski definition) is 0. The molecule has 0 spiro atoms. The third-order valence-electron chi connectivity index (χ3n) is 11.5. The van der Waals surface area contributed by atoms with Crippen molar-refractivity contribution in [1.29, 1.82) is 0 Å². The standard InChI is InChI=1S/C56H37NO/c1-2-12-38(13-3-1)39-24-26-40(27-25-39)41-28-32-46(33-29-41)57(47-18-10-17-44(36-47)49-22-11-16-42-14-4-6-19-48(42)49)54-23-9-8-20-50(54)45-31-35-55-53(37-45)52-34-30-43-15-5-7-21-51(43)56(52)58-55/h1-37H. The maximum absolute atomic E-state index is 6.52. The van der Waals surface area contributed by atoms with Crippen LogP contribution in [0, 0.1) is 0 Å². The average Bonchev–Trinajstić information content (AvgIpc) is 3.68. The summed E-state index contributed by atoms with van der Waals surface area (Å²) in [4.78, 5) is 2.40. The van der Waals surface area contributed by atoms with Crippen LogP contribution in [0.25, 0.3) is 88.0 Å². The van der Waals surface area contributed by atoms with E-state index in [0.29, 0.717) is 0 Å². The van der Waals surface area contributed by atoms with Crippen LogP contribution in [0.2, 0.25) is 0 Å². The third-order valence-corrected chi connectivity index (χ3v) is 11.5. The molecule has 272 valence electrons. The lowest BCUT2D eigenvalue weighted by Gasteiger charge is -2.28. The molecule has 0 aliphatic rings. The van der Waals surface area contributed by atoms with E-state index in [4.69, 9.17) is 4.42 Å². The van der Waals surface area contributed by atoms with Crippen LogP contribution >= 0.6 is 0 Å². The average molecular weight is 740 g/mol. The van der Waals surface area contributed by atoms with E-state index in [1.54, 1.807) is 0 Å². The molecule has 0 unspecified atom stereocenters.